The zero-order valence-electron chi connectivity index (χ0n) is 10.3. The number of carbonyl (C=O) groups is 2. The van der Waals surface area contributed by atoms with Crippen LogP contribution in [0, 0.1) is 0 Å². The van der Waals surface area contributed by atoms with Crippen molar-refractivity contribution in [1.82, 2.24) is 15.3 Å². The minimum Gasteiger partial charge on any atom is -0.435 e. The van der Waals surface area contributed by atoms with E-state index in [0.717, 1.165) is 10.6 Å². The summed E-state index contributed by atoms with van der Waals surface area (Å²) in [6, 6.07) is 8.94. The fraction of sp³-hybridized carbons (Fsp3) is 0.0769. The molecule has 7 nitrogen and oxygen atoms in total. The average molecular weight is 270 g/mol. The molecule has 1 fully saturated rings. The number of nitrogens with zero attached hydrogens (tertiary/aromatic N) is 3. The molecule has 1 aliphatic heterocycles. The molecule has 1 saturated heterocycles. The lowest BCUT2D eigenvalue weighted by Gasteiger charge is -2.02. The number of nitrogens with one attached hydrogen (secondary N) is 1. The van der Waals surface area contributed by atoms with Crippen LogP contribution in [0.25, 0.3) is 11.3 Å². The van der Waals surface area contributed by atoms with Gasteiger partial charge in [0.2, 0.25) is 11.8 Å². The summed E-state index contributed by atoms with van der Waals surface area (Å²) in [5, 5.41) is 6.98. The number of hydrogen-bond acceptors (Lipinski definition) is 5. The van der Waals surface area contributed by atoms with E-state index in [1.54, 1.807) is 6.20 Å². The standard InChI is InChI=1S/C13H10N4O3/c18-11-8-17(13(19)16-11)15-7-12-14-6-10(20-12)9-4-2-1-3-5-9/h1-7H,8H2,(H,16,18,19)/b15-7+. The fourth-order valence-corrected chi connectivity index (χ4v) is 1.73. The average Bonchev–Trinajstić information content (AvgIpc) is 3.04. The van der Waals surface area contributed by atoms with Crippen LogP contribution < -0.4 is 5.32 Å². The van der Waals surface area contributed by atoms with Crippen molar-refractivity contribution in [2.45, 2.75) is 0 Å². The molecule has 0 radical (unpaired) electrons. The third-order valence-corrected chi connectivity index (χ3v) is 2.66. The molecular weight excluding hydrogens is 260 g/mol. The van der Waals surface area contributed by atoms with Gasteiger partial charge in [0.05, 0.1) is 6.20 Å². The van der Waals surface area contributed by atoms with Crippen molar-refractivity contribution in [2.75, 3.05) is 6.54 Å². The fourth-order valence-electron chi connectivity index (χ4n) is 1.73. The van der Waals surface area contributed by atoms with Crippen molar-refractivity contribution in [3.05, 3.63) is 42.4 Å². The third kappa shape index (κ3) is 2.41. The molecule has 20 heavy (non-hydrogen) atoms. The number of oxazole rings is 1. The Bertz CT molecular complexity index is 678. The van der Waals surface area contributed by atoms with Crippen LogP contribution in [0.5, 0.6) is 0 Å². The normalized spacial score (nSPS) is 15.1. The Hall–Kier alpha value is -2.96. The van der Waals surface area contributed by atoms with Gasteiger partial charge in [-0.2, -0.15) is 5.10 Å². The van der Waals surface area contributed by atoms with E-state index in [1.807, 2.05) is 30.3 Å². The minimum absolute atomic E-state index is 0.0957. The second kappa shape index (κ2) is 4.96. The Balaban J connectivity index is 1.75. The molecule has 1 N–H and O–H groups in total. The van der Waals surface area contributed by atoms with E-state index in [2.05, 4.69) is 15.4 Å². The van der Waals surface area contributed by atoms with Crippen molar-refractivity contribution in [2.24, 2.45) is 5.10 Å². The number of imide groups is 1. The number of hydrazone groups is 1. The Kier molecular flexibility index (Phi) is 3.00. The summed E-state index contributed by atoms with van der Waals surface area (Å²) in [7, 11) is 0. The van der Waals surface area contributed by atoms with E-state index in [1.165, 1.54) is 6.21 Å². The van der Waals surface area contributed by atoms with Gasteiger partial charge in [0.25, 0.3) is 0 Å². The molecule has 2 heterocycles. The number of urea groups is 1. The maximum Gasteiger partial charge on any atom is 0.344 e. The van der Waals surface area contributed by atoms with Crippen LogP contribution >= 0.6 is 0 Å². The first kappa shape index (κ1) is 12.1. The zero-order chi connectivity index (χ0) is 13.9. The smallest absolute Gasteiger partial charge is 0.344 e. The van der Waals surface area contributed by atoms with Crippen LogP contribution in [0.1, 0.15) is 5.89 Å². The molecule has 0 unspecified atom stereocenters. The van der Waals surface area contributed by atoms with E-state index in [0.29, 0.717) is 5.76 Å². The molecule has 0 aliphatic carbocycles. The number of amides is 3. The summed E-state index contributed by atoms with van der Waals surface area (Å²) in [6.07, 6.45) is 2.87. The molecule has 0 atom stereocenters. The maximum absolute atomic E-state index is 11.3. The first-order chi connectivity index (χ1) is 9.72. The van der Waals surface area contributed by atoms with Crippen molar-refractivity contribution in [1.29, 1.82) is 0 Å². The summed E-state index contributed by atoms with van der Waals surface area (Å²) in [5.74, 6) is 0.481. The number of benzene rings is 1. The van der Waals surface area contributed by atoms with Crippen LogP contribution in [0.4, 0.5) is 4.79 Å². The van der Waals surface area contributed by atoms with Gasteiger partial charge in [0.15, 0.2) is 5.76 Å². The quantitative estimate of drug-likeness (QED) is 0.671. The summed E-state index contributed by atoms with van der Waals surface area (Å²) >= 11 is 0. The van der Waals surface area contributed by atoms with E-state index in [9.17, 15) is 9.59 Å². The highest BCUT2D eigenvalue weighted by Gasteiger charge is 2.26. The first-order valence-electron chi connectivity index (χ1n) is 5.89. The monoisotopic (exact) mass is 270 g/mol. The Morgan fingerprint density at radius 1 is 1.30 bits per heavy atom. The number of aromatic nitrogens is 1. The molecule has 1 aromatic heterocycles. The summed E-state index contributed by atoms with van der Waals surface area (Å²) in [5.41, 5.74) is 0.897. The van der Waals surface area contributed by atoms with Gasteiger partial charge in [-0.1, -0.05) is 30.3 Å². The minimum atomic E-state index is -0.555. The van der Waals surface area contributed by atoms with Crippen LogP contribution in [0.15, 0.2) is 46.0 Å². The van der Waals surface area contributed by atoms with Crippen molar-refractivity contribution >= 4 is 18.2 Å². The predicted octanol–water partition coefficient (Wildman–Crippen LogP) is 1.23. The second-order valence-electron chi connectivity index (χ2n) is 4.08. The molecular formula is C13H10N4O3. The summed E-state index contributed by atoms with van der Waals surface area (Å²) in [6.45, 7) is -0.0957. The molecule has 3 amide bonds. The van der Waals surface area contributed by atoms with Crippen LogP contribution in [0.2, 0.25) is 0 Å². The summed E-state index contributed by atoms with van der Waals surface area (Å²) < 4.78 is 5.49. The van der Waals surface area contributed by atoms with E-state index in [-0.39, 0.29) is 18.3 Å². The number of carbonyl (C=O) groups excluding carboxylic acids is 2. The molecule has 1 aliphatic rings. The van der Waals surface area contributed by atoms with Gasteiger partial charge in [0, 0.05) is 5.56 Å². The predicted molar refractivity (Wildman–Crippen MR) is 69.8 cm³/mol. The highest BCUT2D eigenvalue weighted by molar-refractivity contribution is 6.02. The van der Waals surface area contributed by atoms with Gasteiger partial charge in [-0.05, 0) is 0 Å². The Morgan fingerprint density at radius 3 is 2.80 bits per heavy atom. The largest absolute Gasteiger partial charge is 0.435 e. The van der Waals surface area contributed by atoms with Crippen molar-refractivity contribution in [3.8, 4) is 11.3 Å². The highest BCUT2D eigenvalue weighted by atomic mass is 16.4. The Morgan fingerprint density at radius 2 is 2.10 bits per heavy atom. The molecule has 3 rings (SSSR count). The zero-order valence-corrected chi connectivity index (χ0v) is 10.3. The van der Waals surface area contributed by atoms with Gasteiger partial charge in [-0.25, -0.2) is 14.8 Å². The lowest BCUT2D eigenvalue weighted by molar-refractivity contribution is -0.118. The number of hydrogen-bond donors (Lipinski definition) is 1. The second-order valence-corrected chi connectivity index (χ2v) is 4.08. The SMILES string of the molecule is O=C1CN(/N=C/c2ncc(-c3ccccc3)o2)C(=O)N1. The third-order valence-electron chi connectivity index (χ3n) is 2.66. The lowest BCUT2D eigenvalue weighted by atomic mass is 10.2. The summed E-state index contributed by atoms with van der Waals surface area (Å²) in [4.78, 5) is 26.3. The molecule has 0 spiro atoms. The molecule has 0 bridgehead atoms. The van der Waals surface area contributed by atoms with E-state index in [4.69, 9.17) is 4.42 Å². The molecule has 0 saturated carbocycles. The Labute approximate surface area is 113 Å². The van der Waals surface area contributed by atoms with Crippen LogP contribution in [0.3, 0.4) is 0 Å². The molecule has 1 aromatic carbocycles. The van der Waals surface area contributed by atoms with Gasteiger partial charge >= 0.3 is 6.03 Å². The van der Waals surface area contributed by atoms with E-state index >= 15 is 0 Å². The lowest BCUT2D eigenvalue weighted by Crippen LogP contribution is -2.24. The van der Waals surface area contributed by atoms with Gasteiger partial charge in [-0.3, -0.25) is 10.1 Å². The maximum atomic E-state index is 11.3. The van der Waals surface area contributed by atoms with Crippen molar-refractivity contribution in [3.63, 3.8) is 0 Å². The van der Waals surface area contributed by atoms with E-state index < -0.39 is 6.03 Å². The first-order valence-corrected chi connectivity index (χ1v) is 5.89. The van der Waals surface area contributed by atoms with Gasteiger partial charge in [0.1, 0.15) is 12.8 Å². The van der Waals surface area contributed by atoms with Crippen LogP contribution in [-0.4, -0.2) is 34.7 Å². The number of rotatable bonds is 3. The molecule has 2 aromatic rings. The highest BCUT2D eigenvalue weighted by Crippen LogP contribution is 2.18. The topological polar surface area (TPSA) is 87.8 Å². The molecule has 7 heteroatoms. The van der Waals surface area contributed by atoms with Crippen molar-refractivity contribution < 1.29 is 14.0 Å². The van der Waals surface area contributed by atoms with Gasteiger partial charge < -0.3 is 4.42 Å². The van der Waals surface area contributed by atoms with Gasteiger partial charge in [-0.15, -0.1) is 0 Å². The molecule has 100 valence electrons. The van der Waals surface area contributed by atoms with Crippen LogP contribution in [-0.2, 0) is 4.79 Å².